The van der Waals surface area contributed by atoms with Crippen molar-refractivity contribution in [3.05, 3.63) is 0 Å². The number of carbonyl (C=O) groups excluding carboxylic acids is 1. The van der Waals surface area contributed by atoms with E-state index in [1.54, 1.807) is 0 Å². The van der Waals surface area contributed by atoms with Crippen LogP contribution >= 0.6 is 0 Å². The fraction of sp³-hybridized carbons (Fsp3) is 0.952. The minimum absolute atomic E-state index is 0.145. The Bertz CT molecular complexity index is 559. The molecule has 5 aliphatic rings. The molecule has 1 aliphatic heterocycles. The molecule has 0 aromatic carbocycles. The molecule has 5 fully saturated rings. The van der Waals surface area contributed by atoms with Gasteiger partial charge in [0.1, 0.15) is 0 Å². The molecule has 3 heteroatoms. The molecule has 11 unspecified atom stereocenters. The Labute approximate surface area is 145 Å². The average molecular weight is 332 g/mol. The van der Waals surface area contributed by atoms with E-state index in [-0.39, 0.29) is 11.9 Å². The lowest BCUT2D eigenvalue weighted by molar-refractivity contribution is -0.158. The average Bonchev–Trinajstić information content (AvgIpc) is 3.34. The summed E-state index contributed by atoms with van der Waals surface area (Å²) < 4.78 is 5.22. The smallest absolute Gasteiger partial charge is 0.312 e. The van der Waals surface area contributed by atoms with E-state index in [4.69, 9.17) is 4.74 Å². The zero-order valence-corrected chi connectivity index (χ0v) is 15.3. The summed E-state index contributed by atoms with van der Waals surface area (Å²) in [7, 11) is 0. The first-order chi connectivity index (χ1) is 11.5. The normalized spacial score (nSPS) is 57.2. The van der Waals surface area contributed by atoms with Crippen LogP contribution in [0.15, 0.2) is 0 Å². The van der Waals surface area contributed by atoms with Gasteiger partial charge < -0.3 is 9.84 Å². The highest BCUT2D eigenvalue weighted by atomic mass is 16.5. The number of aliphatic hydroxyl groups is 1. The summed E-state index contributed by atoms with van der Waals surface area (Å²) in [5, 5.41) is 11.6. The molecule has 24 heavy (non-hydrogen) atoms. The second-order valence-electron chi connectivity index (χ2n) is 9.79. The molecule has 0 aromatic rings. The standard InChI is InChI=1S/C21H32O3/c1-4-21(23,16-5-6-24-20(16)22)17-8-12-7-15(17)19-14-9-13(18(12)19)10(2)11(14)3/h10-19,23H,4-9H2,1-3H3. The number of rotatable bonds is 3. The first-order valence-electron chi connectivity index (χ1n) is 10.4. The van der Waals surface area contributed by atoms with Gasteiger partial charge in [0.15, 0.2) is 0 Å². The SMILES string of the molecule is CCC(O)(C1CCOC1=O)C1CC2CC1C1C3CC(C(C)C3C)C21. The van der Waals surface area contributed by atoms with E-state index in [0.717, 1.165) is 47.8 Å². The molecular weight excluding hydrogens is 300 g/mol. The quantitative estimate of drug-likeness (QED) is 0.635. The third-order valence-electron chi connectivity index (χ3n) is 9.59. The maximum atomic E-state index is 12.2. The van der Waals surface area contributed by atoms with Crippen molar-refractivity contribution in [2.24, 2.45) is 59.2 Å². The Kier molecular flexibility index (Phi) is 3.26. The molecule has 1 N–H and O–H groups in total. The molecule has 0 radical (unpaired) electrons. The highest BCUT2D eigenvalue weighted by Crippen LogP contribution is 2.72. The zero-order valence-electron chi connectivity index (χ0n) is 15.3. The fourth-order valence-electron chi connectivity index (χ4n) is 8.52. The number of cyclic esters (lactones) is 1. The second-order valence-corrected chi connectivity index (χ2v) is 9.79. The second kappa shape index (κ2) is 4.99. The molecule has 134 valence electrons. The summed E-state index contributed by atoms with van der Waals surface area (Å²) in [6.07, 6.45) is 5.32. The van der Waals surface area contributed by atoms with Crippen molar-refractivity contribution in [2.45, 2.75) is 58.5 Å². The fourth-order valence-corrected chi connectivity index (χ4v) is 8.52. The summed E-state index contributed by atoms with van der Waals surface area (Å²) >= 11 is 0. The summed E-state index contributed by atoms with van der Waals surface area (Å²) in [4.78, 5) is 12.2. The zero-order chi connectivity index (χ0) is 16.8. The van der Waals surface area contributed by atoms with E-state index in [1.165, 1.54) is 12.8 Å². The van der Waals surface area contributed by atoms with E-state index < -0.39 is 5.60 Å². The first-order valence-corrected chi connectivity index (χ1v) is 10.4. The predicted molar refractivity (Wildman–Crippen MR) is 90.9 cm³/mol. The largest absolute Gasteiger partial charge is 0.465 e. The molecule has 0 spiro atoms. The Hall–Kier alpha value is -0.570. The van der Waals surface area contributed by atoms with Gasteiger partial charge in [0.05, 0.1) is 18.1 Å². The van der Waals surface area contributed by atoms with Gasteiger partial charge in [-0.25, -0.2) is 0 Å². The van der Waals surface area contributed by atoms with Gasteiger partial charge in [-0.15, -0.1) is 0 Å². The van der Waals surface area contributed by atoms with Crippen LogP contribution in [-0.4, -0.2) is 23.3 Å². The minimum Gasteiger partial charge on any atom is -0.465 e. The van der Waals surface area contributed by atoms with Crippen LogP contribution in [0.1, 0.15) is 52.9 Å². The molecule has 0 aromatic heterocycles. The predicted octanol–water partition coefficient (Wildman–Crippen LogP) is 3.50. The number of carbonyl (C=O) groups is 1. The van der Waals surface area contributed by atoms with Crippen molar-refractivity contribution in [1.82, 2.24) is 0 Å². The Morgan fingerprint density at radius 3 is 2.42 bits per heavy atom. The molecule has 4 aliphatic carbocycles. The monoisotopic (exact) mass is 332 g/mol. The lowest BCUT2D eigenvalue weighted by Crippen LogP contribution is -2.52. The number of ether oxygens (including phenoxy) is 1. The lowest BCUT2D eigenvalue weighted by atomic mass is 9.58. The number of hydrogen-bond acceptors (Lipinski definition) is 3. The van der Waals surface area contributed by atoms with E-state index in [0.29, 0.717) is 31.3 Å². The Morgan fingerprint density at radius 1 is 1.08 bits per heavy atom. The van der Waals surface area contributed by atoms with Crippen molar-refractivity contribution in [3.8, 4) is 0 Å². The van der Waals surface area contributed by atoms with Crippen LogP contribution in [0.25, 0.3) is 0 Å². The first kappa shape index (κ1) is 15.7. The maximum absolute atomic E-state index is 12.2. The highest BCUT2D eigenvalue weighted by molar-refractivity contribution is 5.75. The van der Waals surface area contributed by atoms with Gasteiger partial charge in [-0.2, -0.15) is 0 Å². The molecule has 1 saturated heterocycles. The lowest BCUT2D eigenvalue weighted by Gasteiger charge is -2.48. The highest BCUT2D eigenvalue weighted by Gasteiger charge is 2.68. The molecule has 4 bridgehead atoms. The van der Waals surface area contributed by atoms with Crippen LogP contribution in [0, 0.1) is 59.2 Å². The van der Waals surface area contributed by atoms with Crippen molar-refractivity contribution in [3.63, 3.8) is 0 Å². The molecule has 0 amide bonds. The van der Waals surface area contributed by atoms with Crippen molar-refractivity contribution >= 4 is 5.97 Å². The Balaban J connectivity index is 1.45. The number of fused-ring (bicyclic) bond motifs is 9. The molecule has 1 heterocycles. The molecular formula is C21H32O3. The van der Waals surface area contributed by atoms with Crippen molar-refractivity contribution < 1.29 is 14.6 Å². The van der Waals surface area contributed by atoms with E-state index in [1.807, 2.05) is 0 Å². The van der Waals surface area contributed by atoms with Gasteiger partial charge in [-0.05, 0) is 85.4 Å². The number of hydrogen-bond donors (Lipinski definition) is 1. The van der Waals surface area contributed by atoms with Crippen LogP contribution in [0.3, 0.4) is 0 Å². The molecule has 3 nitrogen and oxygen atoms in total. The third-order valence-corrected chi connectivity index (χ3v) is 9.59. The topological polar surface area (TPSA) is 46.5 Å². The van der Waals surface area contributed by atoms with Gasteiger partial charge >= 0.3 is 5.97 Å². The van der Waals surface area contributed by atoms with E-state index in [2.05, 4.69) is 20.8 Å². The van der Waals surface area contributed by atoms with Gasteiger partial charge in [-0.1, -0.05) is 20.8 Å². The third kappa shape index (κ3) is 1.70. The summed E-state index contributed by atoms with van der Waals surface area (Å²) in [5.41, 5.74) is -0.825. The van der Waals surface area contributed by atoms with Crippen LogP contribution < -0.4 is 0 Å². The van der Waals surface area contributed by atoms with Gasteiger partial charge in [0.25, 0.3) is 0 Å². The molecule has 4 saturated carbocycles. The van der Waals surface area contributed by atoms with Gasteiger partial charge in [0.2, 0.25) is 0 Å². The van der Waals surface area contributed by atoms with Crippen LogP contribution in [-0.2, 0) is 9.53 Å². The van der Waals surface area contributed by atoms with Crippen LogP contribution in [0.4, 0.5) is 0 Å². The van der Waals surface area contributed by atoms with Gasteiger partial charge in [-0.3, -0.25) is 4.79 Å². The molecule has 5 rings (SSSR count). The summed E-state index contributed by atoms with van der Waals surface area (Å²) in [5.74, 6) is 6.70. The summed E-state index contributed by atoms with van der Waals surface area (Å²) in [6.45, 7) is 7.51. The van der Waals surface area contributed by atoms with Crippen molar-refractivity contribution in [1.29, 1.82) is 0 Å². The Morgan fingerprint density at radius 2 is 1.79 bits per heavy atom. The van der Waals surface area contributed by atoms with E-state index >= 15 is 0 Å². The van der Waals surface area contributed by atoms with Crippen molar-refractivity contribution in [2.75, 3.05) is 6.61 Å². The summed E-state index contributed by atoms with van der Waals surface area (Å²) in [6, 6.07) is 0. The van der Waals surface area contributed by atoms with Crippen LogP contribution in [0.2, 0.25) is 0 Å². The molecule has 11 atom stereocenters. The van der Waals surface area contributed by atoms with Gasteiger partial charge in [0, 0.05) is 0 Å². The van der Waals surface area contributed by atoms with Crippen LogP contribution in [0.5, 0.6) is 0 Å². The number of esters is 1. The maximum Gasteiger partial charge on any atom is 0.312 e. The van der Waals surface area contributed by atoms with E-state index in [9.17, 15) is 9.90 Å². The minimum atomic E-state index is -0.825.